The van der Waals surface area contributed by atoms with E-state index in [-0.39, 0.29) is 5.91 Å². The van der Waals surface area contributed by atoms with E-state index < -0.39 is 12.1 Å². The molecule has 0 aliphatic carbocycles. The van der Waals surface area contributed by atoms with Crippen LogP contribution in [0.1, 0.15) is 63.0 Å². The standard InChI is InChI=1S/C38H41N9O5S/c1-6-47-28(16-22(3)44-47)35(49)42-37-41-26-17-23(34(39)48)12-13-27(26)45(37)14-7-8-15-46-33-21(2)10-9-11-25(33)40-38(46)43-36(50)32-19-24-18-29(51-4)30(52-5)20-31(24)53-32/h9-13,16-20,35,49H,6-8,14-15H2,1-5H3,(H2,39,48)(H,41,42)(H,40,43,50). The molecule has 7 aromatic rings. The van der Waals surface area contributed by atoms with Crippen LogP contribution in [0.2, 0.25) is 0 Å². The zero-order valence-electron chi connectivity index (χ0n) is 30.1. The maximum Gasteiger partial charge on any atom is 0.268 e. The number of para-hydroxylation sites is 1. The van der Waals surface area contributed by atoms with Crippen LogP contribution >= 0.6 is 11.3 Å². The first kappa shape index (κ1) is 35.5. The molecule has 274 valence electrons. The number of methoxy groups -OCH3 is 2. The molecule has 0 aliphatic heterocycles. The minimum atomic E-state index is -1.07. The Bertz CT molecular complexity index is 2450. The molecule has 0 fully saturated rings. The van der Waals surface area contributed by atoms with Crippen molar-refractivity contribution in [2.24, 2.45) is 5.73 Å². The van der Waals surface area contributed by atoms with Crippen molar-refractivity contribution in [2.45, 2.75) is 59.5 Å². The molecular formula is C38H41N9O5S. The third-order valence-electron chi connectivity index (χ3n) is 9.26. The summed E-state index contributed by atoms with van der Waals surface area (Å²) < 4.78 is 17.6. The molecule has 0 saturated heterocycles. The fourth-order valence-electron chi connectivity index (χ4n) is 6.71. The van der Waals surface area contributed by atoms with E-state index in [9.17, 15) is 14.7 Å². The lowest BCUT2D eigenvalue weighted by molar-refractivity contribution is 0.0998. The van der Waals surface area contributed by atoms with Crippen molar-refractivity contribution in [1.29, 1.82) is 0 Å². The van der Waals surface area contributed by atoms with Crippen molar-refractivity contribution in [3.05, 3.63) is 88.1 Å². The summed E-state index contributed by atoms with van der Waals surface area (Å²) in [7, 11) is 3.17. The Morgan fingerprint density at radius 2 is 1.66 bits per heavy atom. The maximum atomic E-state index is 13.7. The van der Waals surface area contributed by atoms with Gasteiger partial charge in [-0.2, -0.15) is 5.10 Å². The lowest BCUT2D eigenvalue weighted by Crippen LogP contribution is -2.18. The highest BCUT2D eigenvalue weighted by molar-refractivity contribution is 7.21. The van der Waals surface area contributed by atoms with Gasteiger partial charge in [0.15, 0.2) is 17.7 Å². The number of nitrogens with zero attached hydrogens (tertiary/aromatic N) is 6. The highest BCUT2D eigenvalue weighted by atomic mass is 32.1. The quantitative estimate of drug-likeness (QED) is 0.0729. The van der Waals surface area contributed by atoms with Gasteiger partial charge in [-0.3, -0.25) is 19.6 Å². The third kappa shape index (κ3) is 6.88. The molecule has 15 heteroatoms. The number of aliphatic hydroxyl groups is 1. The minimum Gasteiger partial charge on any atom is -0.493 e. The molecule has 4 aromatic heterocycles. The van der Waals surface area contributed by atoms with Crippen LogP contribution in [0.25, 0.3) is 32.2 Å². The molecule has 5 N–H and O–H groups in total. The van der Waals surface area contributed by atoms with Gasteiger partial charge in [-0.05, 0) is 87.0 Å². The van der Waals surface area contributed by atoms with Crippen LogP contribution in [0.4, 0.5) is 11.9 Å². The fourth-order valence-corrected chi connectivity index (χ4v) is 7.68. The second kappa shape index (κ2) is 14.6. The predicted octanol–water partition coefficient (Wildman–Crippen LogP) is 6.39. The minimum absolute atomic E-state index is 0.257. The average Bonchev–Trinajstić information content (AvgIpc) is 3.91. The molecule has 0 aliphatic rings. The van der Waals surface area contributed by atoms with Gasteiger partial charge in [0.1, 0.15) is 0 Å². The number of amides is 2. The van der Waals surface area contributed by atoms with Crippen molar-refractivity contribution in [1.82, 2.24) is 28.9 Å². The molecule has 0 bridgehead atoms. The Morgan fingerprint density at radius 3 is 2.40 bits per heavy atom. The van der Waals surface area contributed by atoms with E-state index >= 15 is 0 Å². The highest BCUT2D eigenvalue weighted by Crippen LogP contribution is 2.37. The molecule has 0 spiro atoms. The normalized spacial score (nSPS) is 12.1. The topological polar surface area (TPSA) is 176 Å². The van der Waals surface area contributed by atoms with E-state index in [1.54, 1.807) is 31.0 Å². The van der Waals surface area contributed by atoms with Crippen molar-refractivity contribution >= 4 is 67.2 Å². The number of hydrogen-bond acceptors (Lipinski definition) is 10. The van der Waals surface area contributed by atoms with Gasteiger partial charge in [0, 0.05) is 36.0 Å². The highest BCUT2D eigenvalue weighted by Gasteiger charge is 2.21. The molecule has 4 heterocycles. The summed E-state index contributed by atoms with van der Waals surface area (Å²) in [6.07, 6.45) is 0.381. The number of fused-ring (bicyclic) bond motifs is 3. The van der Waals surface area contributed by atoms with E-state index in [0.29, 0.717) is 64.7 Å². The number of rotatable bonds is 14. The maximum absolute atomic E-state index is 13.7. The lowest BCUT2D eigenvalue weighted by atomic mass is 10.2. The Balaban J connectivity index is 1.13. The Kier molecular flexibility index (Phi) is 9.77. The summed E-state index contributed by atoms with van der Waals surface area (Å²) in [5, 5.41) is 22.8. The summed E-state index contributed by atoms with van der Waals surface area (Å²) in [5.41, 5.74) is 11.5. The number of primary amides is 1. The monoisotopic (exact) mass is 735 g/mol. The smallest absolute Gasteiger partial charge is 0.268 e. The van der Waals surface area contributed by atoms with E-state index in [0.717, 1.165) is 50.7 Å². The van der Waals surface area contributed by atoms with Crippen LogP contribution < -0.4 is 25.8 Å². The summed E-state index contributed by atoms with van der Waals surface area (Å²) in [6, 6.07) is 18.5. The van der Waals surface area contributed by atoms with E-state index in [1.165, 1.54) is 11.3 Å². The number of aryl methyl sites for hydroxylation is 5. The number of aromatic nitrogens is 6. The Morgan fingerprint density at radius 1 is 0.925 bits per heavy atom. The first-order valence-corrected chi connectivity index (χ1v) is 18.1. The van der Waals surface area contributed by atoms with Gasteiger partial charge in [-0.15, -0.1) is 11.3 Å². The van der Waals surface area contributed by atoms with Gasteiger partial charge in [0.25, 0.3) is 5.91 Å². The predicted molar refractivity (Wildman–Crippen MR) is 206 cm³/mol. The largest absolute Gasteiger partial charge is 0.493 e. The number of aliphatic hydroxyl groups excluding tert-OH is 1. The fraction of sp³-hybridized carbons (Fsp3) is 0.289. The number of benzene rings is 3. The Labute approximate surface area is 309 Å². The van der Waals surface area contributed by atoms with Gasteiger partial charge >= 0.3 is 0 Å². The summed E-state index contributed by atoms with van der Waals surface area (Å²) >= 11 is 1.37. The first-order valence-electron chi connectivity index (χ1n) is 17.3. The number of unbranched alkanes of at least 4 members (excludes halogenated alkanes) is 1. The van der Waals surface area contributed by atoms with Gasteiger partial charge in [0.05, 0.1) is 52.6 Å². The number of nitrogens with one attached hydrogen (secondary N) is 2. The lowest BCUT2D eigenvalue weighted by Gasteiger charge is -2.17. The van der Waals surface area contributed by atoms with Gasteiger partial charge < -0.3 is 34.8 Å². The van der Waals surface area contributed by atoms with Crippen LogP contribution in [-0.4, -0.2) is 60.0 Å². The zero-order valence-corrected chi connectivity index (χ0v) is 31.0. The number of imidazole rings is 2. The van der Waals surface area contributed by atoms with Gasteiger partial charge in [-0.1, -0.05) is 12.1 Å². The number of anilines is 2. The Hall–Kier alpha value is -5.93. The molecule has 14 nitrogen and oxygen atoms in total. The zero-order chi connectivity index (χ0) is 37.4. The van der Waals surface area contributed by atoms with Crippen LogP contribution in [-0.2, 0) is 19.6 Å². The van der Waals surface area contributed by atoms with Crippen LogP contribution in [0.15, 0.2) is 60.7 Å². The molecule has 0 radical (unpaired) electrons. The summed E-state index contributed by atoms with van der Waals surface area (Å²) in [4.78, 5) is 35.7. The summed E-state index contributed by atoms with van der Waals surface area (Å²) in [6.45, 7) is 7.60. The number of hydrogen-bond donors (Lipinski definition) is 4. The second-order valence-electron chi connectivity index (χ2n) is 12.8. The van der Waals surface area contributed by atoms with Crippen molar-refractivity contribution < 1.29 is 24.2 Å². The molecule has 2 amide bonds. The molecule has 7 rings (SSSR count). The van der Waals surface area contributed by atoms with Crippen molar-refractivity contribution in [2.75, 3.05) is 24.9 Å². The van der Waals surface area contributed by atoms with E-state index in [1.807, 2.05) is 73.9 Å². The SMILES string of the molecule is CCn1nc(C)cc1C(O)Nc1nc2cc(C(N)=O)ccc2n1CCCCn1c(NC(=O)c2cc3cc(OC)c(OC)cc3s2)nc2cccc(C)c21. The summed E-state index contributed by atoms with van der Waals surface area (Å²) in [5.74, 6) is 1.31. The molecule has 1 atom stereocenters. The number of thiophene rings is 1. The third-order valence-corrected chi connectivity index (χ3v) is 10.4. The molecular weight excluding hydrogens is 695 g/mol. The molecule has 1 unspecified atom stereocenters. The van der Waals surface area contributed by atoms with Crippen LogP contribution in [0.5, 0.6) is 11.5 Å². The molecule has 53 heavy (non-hydrogen) atoms. The van der Waals surface area contributed by atoms with Crippen LogP contribution in [0.3, 0.4) is 0 Å². The van der Waals surface area contributed by atoms with Crippen molar-refractivity contribution in [3.8, 4) is 11.5 Å². The van der Waals surface area contributed by atoms with Crippen molar-refractivity contribution in [3.63, 3.8) is 0 Å². The number of carbonyl (C=O) groups is 2. The van der Waals surface area contributed by atoms with Crippen LogP contribution in [0, 0.1) is 13.8 Å². The van der Waals surface area contributed by atoms with Gasteiger partial charge in [-0.25, -0.2) is 9.97 Å². The number of ether oxygens (including phenoxy) is 2. The first-order chi connectivity index (χ1) is 25.6. The van der Waals surface area contributed by atoms with E-state index in [4.69, 9.17) is 25.2 Å². The number of carbonyl (C=O) groups excluding carboxylic acids is 2. The van der Waals surface area contributed by atoms with E-state index in [2.05, 4.69) is 20.3 Å². The average molecular weight is 736 g/mol. The number of nitrogens with two attached hydrogens (primary N) is 1. The molecule has 3 aromatic carbocycles. The second-order valence-corrected chi connectivity index (χ2v) is 13.9. The molecule has 0 saturated carbocycles. The van der Waals surface area contributed by atoms with Gasteiger partial charge in [0.2, 0.25) is 17.8 Å².